The number of nitrogens with two attached hydrogens (primary N) is 2. The Hall–Kier alpha value is -0.600. The summed E-state index contributed by atoms with van der Waals surface area (Å²) >= 11 is 0. The van der Waals surface area contributed by atoms with Gasteiger partial charge in [-0.25, -0.2) is 0 Å². The van der Waals surface area contributed by atoms with Crippen LogP contribution in [0.25, 0.3) is 0 Å². The molecule has 2 heteroatoms. The molecule has 0 saturated heterocycles. The van der Waals surface area contributed by atoms with Gasteiger partial charge in [0.15, 0.2) is 0 Å². The van der Waals surface area contributed by atoms with E-state index in [9.17, 15) is 0 Å². The van der Waals surface area contributed by atoms with Gasteiger partial charge in [-0.1, -0.05) is 91.5 Å². The summed E-state index contributed by atoms with van der Waals surface area (Å²) in [4.78, 5) is 0. The molecule has 4 saturated carbocycles. The first-order valence-corrected chi connectivity index (χ1v) is 19.5. The van der Waals surface area contributed by atoms with E-state index < -0.39 is 0 Å². The molecule has 6 aliphatic carbocycles. The number of fused-ring (bicyclic) bond motifs is 6. The summed E-state index contributed by atoms with van der Waals surface area (Å²) in [7, 11) is 0. The van der Waals surface area contributed by atoms with E-state index in [0.29, 0.717) is 17.4 Å². The highest BCUT2D eigenvalue weighted by atomic mass is 14.8. The molecule has 4 N–H and O–H groups in total. The molecular formula is C42H72N2. The van der Waals surface area contributed by atoms with Crippen molar-refractivity contribution in [3.05, 3.63) is 23.3 Å². The van der Waals surface area contributed by atoms with Gasteiger partial charge in [0, 0.05) is 12.1 Å². The number of hydrogen-bond acceptors (Lipinski definition) is 2. The van der Waals surface area contributed by atoms with Crippen LogP contribution in [-0.2, 0) is 0 Å². The predicted molar refractivity (Wildman–Crippen MR) is 189 cm³/mol. The summed E-state index contributed by atoms with van der Waals surface area (Å²) in [6, 6.07) is 0. The van der Waals surface area contributed by atoms with E-state index in [1.165, 1.54) is 89.9 Å². The minimum Gasteiger partial charge on any atom is -0.329 e. The van der Waals surface area contributed by atoms with E-state index in [2.05, 4.69) is 67.5 Å². The van der Waals surface area contributed by atoms with Crippen LogP contribution in [0.5, 0.6) is 0 Å². The van der Waals surface area contributed by atoms with Crippen LogP contribution >= 0.6 is 0 Å². The van der Waals surface area contributed by atoms with Gasteiger partial charge < -0.3 is 11.5 Å². The van der Waals surface area contributed by atoms with Gasteiger partial charge in [-0.15, -0.1) is 0 Å². The molecule has 2 nitrogen and oxygen atoms in total. The molecule has 0 bridgehead atoms. The van der Waals surface area contributed by atoms with Crippen molar-refractivity contribution in [3.8, 4) is 0 Å². The molecule has 0 heterocycles. The summed E-state index contributed by atoms with van der Waals surface area (Å²) < 4.78 is 0. The fourth-order valence-corrected chi connectivity index (χ4v) is 14.1. The van der Waals surface area contributed by atoms with Crippen molar-refractivity contribution in [2.75, 3.05) is 6.54 Å². The molecule has 6 rings (SSSR count). The maximum Gasteiger partial charge on any atom is 0.0289 e. The lowest BCUT2D eigenvalue weighted by Gasteiger charge is -2.62. The molecule has 0 amide bonds. The van der Waals surface area contributed by atoms with E-state index in [-0.39, 0.29) is 16.4 Å². The van der Waals surface area contributed by atoms with Gasteiger partial charge in [0.05, 0.1) is 0 Å². The SMILES string of the molecule is CC(C)C1CC[C@@H]2C(=CCC3[C@@](C)(CC(N)(CN)C[C@@]4(C)CCC[C@@]5(C)C4CC=C4CC(C(C)C)CC[C@H]45)CCC[C@@]32C)C1. The first-order chi connectivity index (χ1) is 20.7. The summed E-state index contributed by atoms with van der Waals surface area (Å²) in [5, 5.41) is 0. The zero-order chi connectivity index (χ0) is 31.7. The zero-order valence-corrected chi connectivity index (χ0v) is 30.4. The Kier molecular flexibility index (Phi) is 8.95. The molecule has 0 spiro atoms. The first kappa shape index (κ1) is 33.3. The second-order valence-electron chi connectivity index (χ2n) is 19.8. The standard InChI is InChI=1S/C42H72N2/c1-28(2)30-11-15-34-32(23-30)13-17-36-38(5,19-9-21-40(34,36)7)25-42(44,27-43)26-39(6)20-10-22-41(8)35-16-12-31(29(3)4)24-33(35)14-18-37(39)41/h13-14,28-31,34-37H,9-12,15-27,43-44H2,1-8H3/t30?,31?,34-,35-,36?,37?,38-,39-,40-,41-,42?/m1/s1. The van der Waals surface area contributed by atoms with E-state index in [4.69, 9.17) is 11.5 Å². The van der Waals surface area contributed by atoms with Crippen LogP contribution in [0, 0.1) is 69.0 Å². The summed E-state index contributed by atoms with van der Waals surface area (Å²) in [5.41, 5.74) is 19.3. The highest BCUT2D eigenvalue weighted by molar-refractivity contribution is 5.25. The molecule has 250 valence electrons. The second kappa shape index (κ2) is 11.8. The van der Waals surface area contributed by atoms with Crippen molar-refractivity contribution in [2.24, 2.45) is 80.5 Å². The van der Waals surface area contributed by atoms with Crippen LogP contribution in [0.3, 0.4) is 0 Å². The van der Waals surface area contributed by atoms with Crippen LogP contribution in [0.2, 0.25) is 0 Å². The van der Waals surface area contributed by atoms with Gasteiger partial charge >= 0.3 is 0 Å². The molecule has 44 heavy (non-hydrogen) atoms. The number of rotatable bonds is 7. The Morgan fingerprint density at radius 3 is 1.45 bits per heavy atom. The number of allylic oxidation sites excluding steroid dienone is 4. The quantitative estimate of drug-likeness (QED) is 0.284. The van der Waals surface area contributed by atoms with E-state index >= 15 is 0 Å². The Labute approximate surface area is 273 Å². The molecule has 6 aliphatic rings. The largest absolute Gasteiger partial charge is 0.329 e. The van der Waals surface area contributed by atoms with Crippen molar-refractivity contribution in [1.29, 1.82) is 0 Å². The molecule has 0 radical (unpaired) electrons. The molecule has 0 aliphatic heterocycles. The maximum absolute atomic E-state index is 7.67. The molecule has 0 aromatic rings. The van der Waals surface area contributed by atoms with Gasteiger partial charge in [0.1, 0.15) is 0 Å². The molecular weight excluding hydrogens is 532 g/mol. The summed E-state index contributed by atoms with van der Waals surface area (Å²) in [5.74, 6) is 6.47. The molecule has 0 aromatic heterocycles. The van der Waals surface area contributed by atoms with Crippen LogP contribution in [-0.4, -0.2) is 12.1 Å². The van der Waals surface area contributed by atoms with Gasteiger partial charge in [0.25, 0.3) is 0 Å². The Morgan fingerprint density at radius 1 is 0.682 bits per heavy atom. The van der Waals surface area contributed by atoms with E-state index in [0.717, 1.165) is 60.2 Å². The number of hydrogen-bond donors (Lipinski definition) is 2. The van der Waals surface area contributed by atoms with Gasteiger partial charge in [-0.05, 0) is 159 Å². The topological polar surface area (TPSA) is 52.0 Å². The van der Waals surface area contributed by atoms with Crippen molar-refractivity contribution in [2.45, 2.75) is 164 Å². The molecule has 0 aromatic carbocycles. The Morgan fingerprint density at radius 2 is 1.09 bits per heavy atom. The third-order valence-electron chi connectivity index (χ3n) is 16.4. The molecule has 4 fully saturated rings. The molecule has 4 unspecified atom stereocenters. The first-order valence-electron chi connectivity index (χ1n) is 19.5. The van der Waals surface area contributed by atoms with Crippen molar-refractivity contribution >= 4 is 0 Å². The fraction of sp³-hybridized carbons (Fsp3) is 0.905. The van der Waals surface area contributed by atoms with Crippen LogP contribution in [0.4, 0.5) is 0 Å². The lowest BCUT2D eigenvalue weighted by molar-refractivity contribution is -0.0897. The second-order valence-corrected chi connectivity index (χ2v) is 19.8. The minimum atomic E-state index is -0.279. The predicted octanol–water partition coefficient (Wildman–Crippen LogP) is 10.9. The van der Waals surface area contributed by atoms with Crippen LogP contribution in [0.1, 0.15) is 158 Å². The van der Waals surface area contributed by atoms with Gasteiger partial charge in [-0.2, -0.15) is 0 Å². The normalized spacial score (nSPS) is 47.1. The lowest BCUT2D eigenvalue weighted by Crippen LogP contribution is -2.60. The zero-order valence-electron chi connectivity index (χ0n) is 30.4. The monoisotopic (exact) mass is 605 g/mol. The third-order valence-corrected chi connectivity index (χ3v) is 16.4. The van der Waals surface area contributed by atoms with E-state index in [1.54, 1.807) is 0 Å². The van der Waals surface area contributed by atoms with E-state index in [1.807, 2.05) is 11.1 Å². The van der Waals surface area contributed by atoms with Gasteiger partial charge in [-0.3, -0.25) is 0 Å². The molecule has 10 atom stereocenters. The van der Waals surface area contributed by atoms with Gasteiger partial charge in [0.2, 0.25) is 0 Å². The van der Waals surface area contributed by atoms with Crippen LogP contribution < -0.4 is 11.5 Å². The highest BCUT2D eigenvalue weighted by Crippen LogP contribution is 2.67. The smallest absolute Gasteiger partial charge is 0.0289 e. The average molecular weight is 605 g/mol. The third kappa shape index (κ3) is 5.54. The average Bonchev–Trinajstić information content (AvgIpc) is 2.96. The van der Waals surface area contributed by atoms with Crippen molar-refractivity contribution in [3.63, 3.8) is 0 Å². The minimum absolute atomic E-state index is 0.279. The Balaban J connectivity index is 1.23. The maximum atomic E-state index is 7.67. The summed E-state index contributed by atoms with van der Waals surface area (Å²) in [6.45, 7) is 21.1. The fourth-order valence-electron chi connectivity index (χ4n) is 14.1. The van der Waals surface area contributed by atoms with Crippen molar-refractivity contribution in [1.82, 2.24) is 0 Å². The summed E-state index contributed by atoms with van der Waals surface area (Å²) in [6.07, 6.45) is 26.9. The lowest BCUT2D eigenvalue weighted by atomic mass is 9.43. The van der Waals surface area contributed by atoms with Crippen LogP contribution in [0.15, 0.2) is 23.3 Å². The Bertz CT molecular complexity index is 1030. The highest BCUT2D eigenvalue weighted by Gasteiger charge is 2.59. The van der Waals surface area contributed by atoms with Crippen molar-refractivity contribution < 1.29 is 0 Å².